The molecule has 136 valence electrons. The van der Waals surface area contributed by atoms with Crippen LogP contribution in [-0.2, 0) is 6.42 Å². The van der Waals surface area contributed by atoms with Crippen LogP contribution < -0.4 is 5.32 Å². The summed E-state index contributed by atoms with van der Waals surface area (Å²) in [6, 6.07) is 6.14. The molecule has 7 heteroatoms. The fourth-order valence-electron chi connectivity index (χ4n) is 2.78. The Morgan fingerprint density at radius 2 is 2.00 bits per heavy atom. The second-order valence-electron chi connectivity index (χ2n) is 5.83. The second kappa shape index (κ2) is 9.74. The van der Waals surface area contributed by atoms with Gasteiger partial charge in [0.1, 0.15) is 12.1 Å². The lowest BCUT2D eigenvalue weighted by Gasteiger charge is -2.20. The van der Waals surface area contributed by atoms with E-state index in [0.717, 1.165) is 36.9 Å². The third kappa shape index (κ3) is 5.42. The summed E-state index contributed by atoms with van der Waals surface area (Å²) in [5.74, 6) is 1.23. The fraction of sp³-hybridized carbons (Fsp3) is 0.444. The van der Waals surface area contributed by atoms with Crippen LogP contribution in [0, 0.1) is 5.82 Å². The number of nitrogens with zero attached hydrogens (tertiary/aromatic N) is 3. The third-order valence-corrected chi connectivity index (χ3v) is 4.01. The van der Waals surface area contributed by atoms with Crippen LogP contribution in [0.1, 0.15) is 25.5 Å². The summed E-state index contributed by atoms with van der Waals surface area (Å²) >= 11 is 0. The Bertz CT molecular complexity index is 681. The topological polar surface area (TPSA) is 53.7 Å². The molecule has 1 N–H and O–H groups in total. The van der Waals surface area contributed by atoms with Crippen molar-refractivity contribution in [1.29, 1.82) is 0 Å². The van der Waals surface area contributed by atoms with Crippen LogP contribution in [0.5, 0.6) is 0 Å². The van der Waals surface area contributed by atoms with Gasteiger partial charge < -0.3 is 14.6 Å². The molecule has 0 radical (unpaired) electrons. The molecule has 5 nitrogen and oxygen atoms in total. The van der Waals surface area contributed by atoms with Gasteiger partial charge in [-0.15, -0.1) is 24.0 Å². The van der Waals surface area contributed by atoms with Crippen molar-refractivity contribution in [2.24, 2.45) is 4.99 Å². The molecule has 0 spiro atoms. The number of rotatable bonds is 5. The minimum atomic E-state index is -0.266. The fourth-order valence-corrected chi connectivity index (χ4v) is 2.78. The summed E-state index contributed by atoms with van der Waals surface area (Å²) in [7, 11) is 0. The monoisotopic (exact) mass is 458 g/mol. The summed E-state index contributed by atoms with van der Waals surface area (Å²) in [4.78, 5) is 11.4. The molecule has 2 heterocycles. The number of benzene rings is 1. The first-order chi connectivity index (χ1) is 11.8. The van der Waals surface area contributed by atoms with Crippen molar-refractivity contribution in [1.82, 2.24) is 15.2 Å². The molecule has 2 aromatic rings. The van der Waals surface area contributed by atoms with Crippen LogP contribution in [0.4, 0.5) is 4.39 Å². The Kier molecular flexibility index (Phi) is 7.67. The van der Waals surface area contributed by atoms with Crippen LogP contribution in [0.2, 0.25) is 0 Å². The molecule has 0 unspecified atom stereocenters. The number of hydrogen-bond donors (Lipinski definition) is 1. The molecule has 1 saturated heterocycles. The van der Waals surface area contributed by atoms with E-state index in [-0.39, 0.29) is 29.8 Å². The van der Waals surface area contributed by atoms with Gasteiger partial charge >= 0.3 is 0 Å². The van der Waals surface area contributed by atoms with Gasteiger partial charge in [-0.1, -0.05) is 0 Å². The van der Waals surface area contributed by atoms with Gasteiger partial charge in [0.15, 0.2) is 5.96 Å². The number of aliphatic imine (C=N–C) groups is 1. The molecular formula is C18H24FIN4O. The Morgan fingerprint density at radius 3 is 2.68 bits per heavy atom. The number of nitrogens with one attached hydrogen (secondary N) is 1. The third-order valence-electron chi connectivity index (χ3n) is 4.01. The van der Waals surface area contributed by atoms with Gasteiger partial charge in [0, 0.05) is 38.2 Å². The van der Waals surface area contributed by atoms with Crippen LogP contribution in [0.15, 0.2) is 39.9 Å². The maximum atomic E-state index is 13.0. The van der Waals surface area contributed by atoms with E-state index in [0.29, 0.717) is 18.9 Å². The van der Waals surface area contributed by atoms with Crippen molar-refractivity contribution in [2.75, 3.05) is 26.2 Å². The van der Waals surface area contributed by atoms with Crippen molar-refractivity contribution >= 4 is 29.9 Å². The quantitative estimate of drug-likeness (QED) is 0.422. The maximum absolute atomic E-state index is 13.0. The van der Waals surface area contributed by atoms with Gasteiger partial charge in [-0.3, -0.25) is 4.99 Å². The number of oxazole rings is 1. The largest absolute Gasteiger partial charge is 0.444 e. The number of aromatic nitrogens is 1. The lowest BCUT2D eigenvalue weighted by molar-refractivity contribution is 0.494. The average Bonchev–Trinajstić information content (AvgIpc) is 3.27. The maximum Gasteiger partial charge on any atom is 0.226 e. The van der Waals surface area contributed by atoms with Gasteiger partial charge in [-0.25, -0.2) is 9.37 Å². The van der Waals surface area contributed by atoms with Crippen molar-refractivity contribution < 1.29 is 8.81 Å². The van der Waals surface area contributed by atoms with E-state index in [1.54, 1.807) is 18.4 Å². The lowest BCUT2D eigenvalue weighted by Crippen LogP contribution is -2.39. The molecule has 0 bridgehead atoms. The Morgan fingerprint density at radius 1 is 1.28 bits per heavy atom. The average molecular weight is 458 g/mol. The smallest absolute Gasteiger partial charge is 0.226 e. The molecule has 1 aliphatic heterocycles. The Balaban J connectivity index is 0.00000225. The minimum absolute atomic E-state index is 0. The van der Waals surface area contributed by atoms with Crippen LogP contribution in [-0.4, -0.2) is 42.0 Å². The van der Waals surface area contributed by atoms with E-state index >= 15 is 0 Å². The zero-order chi connectivity index (χ0) is 16.8. The van der Waals surface area contributed by atoms with Crippen molar-refractivity contribution in [3.05, 3.63) is 42.0 Å². The normalized spacial score (nSPS) is 14.5. The predicted octanol–water partition coefficient (Wildman–Crippen LogP) is 3.70. The SMILES string of the molecule is CCNC(=NCCc1coc(-c2ccc(F)cc2)n1)N1CCCC1.I. The standard InChI is InChI=1S/C18H23FN4O.HI/c1-2-20-18(23-11-3-4-12-23)21-10-9-16-13-24-17(22-16)14-5-7-15(19)8-6-14;/h5-8,13H,2-4,9-12H2,1H3,(H,20,21);1H. The van der Waals surface area contributed by atoms with E-state index in [9.17, 15) is 4.39 Å². The van der Waals surface area contributed by atoms with Crippen molar-refractivity contribution in [3.8, 4) is 11.5 Å². The van der Waals surface area contributed by atoms with Crippen molar-refractivity contribution in [3.63, 3.8) is 0 Å². The molecule has 0 amide bonds. The summed E-state index contributed by atoms with van der Waals surface area (Å²) < 4.78 is 18.5. The molecular weight excluding hydrogens is 434 g/mol. The zero-order valence-corrected chi connectivity index (χ0v) is 16.7. The molecule has 1 aromatic heterocycles. The van der Waals surface area contributed by atoms with Gasteiger partial charge in [-0.05, 0) is 44.0 Å². The number of guanidine groups is 1. The molecule has 25 heavy (non-hydrogen) atoms. The van der Waals surface area contributed by atoms with Crippen molar-refractivity contribution in [2.45, 2.75) is 26.2 Å². The van der Waals surface area contributed by atoms with E-state index in [2.05, 4.69) is 27.1 Å². The summed E-state index contributed by atoms with van der Waals surface area (Å²) in [6.45, 7) is 5.76. The first kappa shape index (κ1) is 19.7. The highest BCUT2D eigenvalue weighted by Crippen LogP contribution is 2.19. The zero-order valence-electron chi connectivity index (χ0n) is 14.4. The first-order valence-electron chi connectivity index (χ1n) is 8.50. The Hall–Kier alpha value is -1.64. The number of halogens is 2. The second-order valence-corrected chi connectivity index (χ2v) is 5.83. The predicted molar refractivity (Wildman–Crippen MR) is 108 cm³/mol. The molecule has 0 saturated carbocycles. The van der Waals surface area contributed by atoms with E-state index < -0.39 is 0 Å². The van der Waals surface area contributed by atoms with Gasteiger partial charge in [0.25, 0.3) is 0 Å². The molecule has 0 atom stereocenters. The van der Waals surface area contributed by atoms with Crippen LogP contribution in [0.3, 0.4) is 0 Å². The minimum Gasteiger partial charge on any atom is -0.444 e. The Labute approximate surface area is 164 Å². The number of likely N-dealkylation sites (tertiary alicyclic amines) is 1. The van der Waals surface area contributed by atoms with Gasteiger partial charge in [0.2, 0.25) is 5.89 Å². The van der Waals surface area contributed by atoms with Crippen LogP contribution in [0.25, 0.3) is 11.5 Å². The molecule has 3 rings (SSSR count). The highest BCUT2D eigenvalue weighted by molar-refractivity contribution is 14.0. The lowest BCUT2D eigenvalue weighted by atomic mass is 10.2. The summed E-state index contributed by atoms with van der Waals surface area (Å²) in [5, 5.41) is 3.34. The summed E-state index contributed by atoms with van der Waals surface area (Å²) in [6.07, 6.45) is 4.83. The molecule has 0 aliphatic carbocycles. The van der Waals surface area contributed by atoms with E-state index in [1.807, 2.05) is 0 Å². The van der Waals surface area contributed by atoms with E-state index in [4.69, 9.17) is 4.42 Å². The highest BCUT2D eigenvalue weighted by atomic mass is 127. The first-order valence-corrected chi connectivity index (χ1v) is 8.50. The van der Waals surface area contributed by atoms with Gasteiger partial charge in [-0.2, -0.15) is 0 Å². The number of hydrogen-bond acceptors (Lipinski definition) is 3. The highest BCUT2D eigenvalue weighted by Gasteiger charge is 2.15. The molecule has 1 aliphatic rings. The molecule has 1 fully saturated rings. The van der Waals surface area contributed by atoms with Gasteiger partial charge in [0.05, 0.1) is 5.69 Å². The summed E-state index contributed by atoms with van der Waals surface area (Å²) in [5.41, 5.74) is 1.63. The van der Waals surface area contributed by atoms with E-state index in [1.165, 1.54) is 25.0 Å². The van der Waals surface area contributed by atoms with Crippen LogP contribution >= 0.6 is 24.0 Å². The molecule has 1 aromatic carbocycles.